The van der Waals surface area contributed by atoms with E-state index in [1.165, 1.54) is 0 Å². The van der Waals surface area contributed by atoms with Crippen LogP contribution in [-0.4, -0.2) is 36.5 Å². The molecule has 0 radical (unpaired) electrons. The maximum absolute atomic E-state index is 10.9. The highest BCUT2D eigenvalue weighted by Crippen LogP contribution is 2.21. The van der Waals surface area contributed by atoms with Crippen molar-refractivity contribution >= 4 is 23.1 Å². The molecule has 15 heavy (non-hydrogen) atoms. The summed E-state index contributed by atoms with van der Waals surface area (Å²) in [5, 5.41) is 0.430. The number of hydrogen-bond acceptors (Lipinski definition) is 3. The molecule has 0 saturated carbocycles. The zero-order chi connectivity index (χ0) is 11.4. The summed E-state index contributed by atoms with van der Waals surface area (Å²) in [5.41, 5.74) is 2.24. The van der Waals surface area contributed by atoms with Gasteiger partial charge in [-0.25, -0.2) is 9.78 Å². The van der Waals surface area contributed by atoms with Gasteiger partial charge in [0.1, 0.15) is 11.1 Å². The Labute approximate surface area is 94.4 Å². The minimum absolute atomic E-state index is 0.430. The molecule has 1 aromatic heterocycles. The lowest BCUT2D eigenvalue weighted by atomic mass is 10.0. The Hall–Kier alpha value is -1.15. The molecule has 0 aromatic carbocycles. The number of pyridine rings is 1. The zero-order valence-electron chi connectivity index (χ0n) is 9.04. The van der Waals surface area contributed by atoms with Crippen LogP contribution in [0.1, 0.15) is 11.1 Å². The molecule has 0 bridgehead atoms. The first-order chi connectivity index (χ1) is 7.06. The molecule has 1 aromatic rings. The number of carbonyl (C=O) groups excluding carboxylic acids is 1. The highest BCUT2D eigenvalue weighted by molar-refractivity contribution is 6.30. The number of aromatic nitrogens is 1. The molecule has 0 fully saturated rings. The van der Waals surface area contributed by atoms with Crippen molar-refractivity contribution < 1.29 is 4.79 Å². The molecule has 4 heteroatoms. The average Bonchev–Trinajstić information content (AvgIpc) is 2.19. The molecule has 0 N–H and O–H groups in total. The summed E-state index contributed by atoms with van der Waals surface area (Å²) >= 11 is 5.88. The van der Waals surface area contributed by atoms with Gasteiger partial charge in [0.05, 0.1) is 5.57 Å². The van der Waals surface area contributed by atoms with E-state index in [0.29, 0.717) is 17.3 Å². The van der Waals surface area contributed by atoms with Crippen LogP contribution >= 0.6 is 11.6 Å². The van der Waals surface area contributed by atoms with Gasteiger partial charge in [-0.05, 0) is 38.2 Å². The molecule has 0 spiro atoms. The highest BCUT2D eigenvalue weighted by Gasteiger charge is 2.10. The third-order valence-corrected chi connectivity index (χ3v) is 2.45. The fourth-order valence-electron chi connectivity index (χ4n) is 1.33. The van der Waals surface area contributed by atoms with Crippen LogP contribution in [-0.2, 0) is 4.79 Å². The second kappa shape index (κ2) is 5.08. The number of likely N-dealkylation sites (N-methyl/N-ethyl adjacent to an activating group) is 1. The van der Waals surface area contributed by atoms with Gasteiger partial charge in [-0.2, -0.15) is 0 Å². The third-order valence-electron chi connectivity index (χ3n) is 2.07. The monoisotopic (exact) mass is 224 g/mol. The summed E-state index contributed by atoms with van der Waals surface area (Å²) in [4.78, 5) is 16.7. The first kappa shape index (κ1) is 11.9. The molecule has 0 aliphatic heterocycles. The third kappa shape index (κ3) is 2.90. The molecule has 80 valence electrons. The second-order valence-corrected chi connectivity index (χ2v) is 3.95. The minimum Gasteiger partial charge on any atom is -0.304 e. The highest BCUT2D eigenvalue weighted by atomic mass is 35.5. The summed E-state index contributed by atoms with van der Waals surface area (Å²) in [6, 6.07) is 1.78. The molecule has 0 saturated heterocycles. The predicted molar refractivity (Wildman–Crippen MR) is 61.6 cm³/mol. The molecular weight excluding hydrogens is 212 g/mol. The van der Waals surface area contributed by atoms with E-state index in [9.17, 15) is 4.79 Å². The molecule has 3 nitrogen and oxygen atoms in total. The minimum atomic E-state index is 0.430. The first-order valence-corrected chi connectivity index (χ1v) is 4.94. The maximum Gasteiger partial charge on any atom is 0.132 e. The summed E-state index contributed by atoms with van der Waals surface area (Å²) in [5.74, 6) is 1.96. The summed E-state index contributed by atoms with van der Waals surface area (Å²) in [6.07, 6.45) is 1.59. The average molecular weight is 225 g/mol. The number of halogens is 1. The van der Waals surface area contributed by atoms with Gasteiger partial charge >= 0.3 is 0 Å². The second-order valence-electron chi connectivity index (χ2n) is 3.59. The van der Waals surface area contributed by atoms with E-state index >= 15 is 0 Å². The Morgan fingerprint density at radius 2 is 2.27 bits per heavy atom. The van der Waals surface area contributed by atoms with E-state index < -0.39 is 0 Å². The number of hydrogen-bond donors (Lipinski definition) is 0. The topological polar surface area (TPSA) is 33.2 Å². The molecule has 0 amide bonds. The Morgan fingerprint density at radius 3 is 2.80 bits per heavy atom. The lowest BCUT2D eigenvalue weighted by Crippen LogP contribution is -2.15. The molecular formula is C11H13ClN2O. The zero-order valence-corrected chi connectivity index (χ0v) is 9.80. The lowest BCUT2D eigenvalue weighted by Gasteiger charge is -2.12. The largest absolute Gasteiger partial charge is 0.304 e. The molecule has 1 heterocycles. The van der Waals surface area contributed by atoms with E-state index in [4.69, 9.17) is 11.6 Å². The van der Waals surface area contributed by atoms with Crippen LogP contribution in [0, 0.1) is 6.92 Å². The van der Waals surface area contributed by atoms with Crippen LogP contribution in [0.2, 0.25) is 5.15 Å². The Morgan fingerprint density at radius 1 is 1.60 bits per heavy atom. The van der Waals surface area contributed by atoms with Crippen molar-refractivity contribution in [1.82, 2.24) is 9.88 Å². The van der Waals surface area contributed by atoms with Gasteiger partial charge in [-0.1, -0.05) is 11.6 Å². The van der Waals surface area contributed by atoms with E-state index in [2.05, 4.69) is 4.98 Å². The first-order valence-electron chi connectivity index (χ1n) is 4.56. The van der Waals surface area contributed by atoms with Gasteiger partial charge in [0.2, 0.25) is 0 Å². The van der Waals surface area contributed by atoms with Crippen LogP contribution in [0.5, 0.6) is 0 Å². The summed E-state index contributed by atoms with van der Waals surface area (Å²) in [6.45, 7) is 2.39. The molecule has 0 unspecified atom stereocenters. The summed E-state index contributed by atoms with van der Waals surface area (Å²) < 4.78 is 0. The fourth-order valence-corrected chi connectivity index (χ4v) is 1.48. The van der Waals surface area contributed by atoms with Crippen molar-refractivity contribution in [2.75, 3.05) is 20.6 Å². The van der Waals surface area contributed by atoms with Gasteiger partial charge in [0, 0.05) is 12.7 Å². The molecule has 1 rings (SSSR count). The fraction of sp³-hybridized carbons (Fsp3) is 0.364. The molecule has 0 aliphatic carbocycles. The van der Waals surface area contributed by atoms with Gasteiger partial charge in [-0.3, -0.25) is 0 Å². The van der Waals surface area contributed by atoms with Crippen molar-refractivity contribution in [1.29, 1.82) is 0 Å². The van der Waals surface area contributed by atoms with Crippen LogP contribution in [0.25, 0.3) is 5.57 Å². The van der Waals surface area contributed by atoms with E-state index in [-0.39, 0.29) is 0 Å². The number of nitrogens with zero attached hydrogens (tertiary/aromatic N) is 2. The van der Waals surface area contributed by atoms with Crippen molar-refractivity contribution in [3.05, 3.63) is 28.5 Å². The Balaban J connectivity index is 3.14. The standard InChI is InChI=1S/C11H13ClN2O/c1-8-10(4-5-13-11(8)12)9(7-15)6-14(2)3/h4-5H,6H2,1-3H3. The SMILES string of the molecule is Cc1c(C(=C=O)CN(C)C)ccnc1Cl. The lowest BCUT2D eigenvalue weighted by molar-refractivity contribution is 0.462. The van der Waals surface area contributed by atoms with Crippen LogP contribution in [0.4, 0.5) is 0 Å². The normalized spacial score (nSPS) is 10.2. The van der Waals surface area contributed by atoms with Crippen LogP contribution in [0.3, 0.4) is 0 Å². The quantitative estimate of drug-likeness (QED) is 0.580. The van der Waals surface area contributed by atoms with Gasteiger partial charge in [-0.15, -0.1) is 0 Å². The van der Waals surface area contributed by atoms with Crippen LogP contribution < -0.4 is 0 Å². The van der Waals surface area contributed by atoms with Crippen LogP contribution in [0.15, 0.2) is 12.3 Å². The van der Waals surface area contributed by atoms with Crippen molar-refractivity contribution in [3.63, 3.8) is 0 Å². The van der Waals surface area contributed by atoms with Gasteiger partial charge in [0.15, 0.2) is 0 Å². The Kier molecular flexibility index (Phi) is 4.04. The van der Waals surface area contributed by atoms with Crippen molar-refractivity contribution in [2.24, 2.45) is 0 Å². The maximum atomic E-state index is 10.9. The summed E-state index contributed by atoms with van der Waals surface area (Å²) in [7, 11) is 3.80. The van der Waals surface area contributed by atoms with E-state index in [0.717, 1.165) is 11.1 Å². The van der Waals surface area contributed by atoms with E-state index in [1.807, 2.05) is 31.9 Å². The Bertz CT molecular complexity index is 409. The molecule has 0 atom stereocenters. The smallest absolute Gasteiger partial charge is 0.132 e. The predicted octanol–water partition coefficient (Wildman–Crippen LogP) is 1.82. The molecule has 0 aliphatic rings. The van der Waals surface area contributed by atoms with Crippen molar-refractivity contribution in [3.8, 4) is 0 Å². The van der Waals surface area contributed by atoms with E-state index in [1.54, 1.807) is 12.3 Å². The van der Waals surface area contributed by atoms with Gasteiger partial charge in [0.25, 0.3) is 0 Å². The van der Waals surface area contributed by atoms with Gasteiger partial charge < -0.3 is 4.90 Å². The van der Waals surface area contributed by atoms with Crippen molar-refractivity contribution in [2.45, 2.75) is 6.92 Å². The number of rotatable bonds is 3.